The van der Waals surface area contributed by atoms with E-state index >= 15 is 0 Å². The molecule has 2 atom stereocenters. The molecule has 2 rings (SSSR count). The number of ether oxygens (including phenoxy) is 1. The molecule has 0 bridgehead atoms. The van der Waals surface area contributed by atoms with Crippen molar-refractivity contribution in [1.29, 1.82) is 0 Å². The van der Waals surface area contributed by atoms with E-state index in [0.29, 0.717) is 5.56 Å². The number of carbonyl (C=O) groups excluding carboxylic acids is 1. The second-order valence-corrected chi connectivity index (χ2v) is 8.92. The lowest BCUT2D eigenvalue weighted by Gasteiger charge is -2.30. The molecule has 24 heavy (non-hydrogen) atoms. The number of pyridine rings is 1. The summed E-state index contributed by atoms with van der Waals surface area (Å²) in [4.78, 5) is 15.9. The van der Waals surface area contributed by atoms with Gasteiger partial charge in [-0.05, 0) is 40.3 Å². The van der Waals surface area contributed by atoms with Crippen molar-refractivity contribution in [2.75, 3.05) is 34.8 Å². The molecule has 1 N–H and O–H groups in total. The van der Waals surface area contributed by atoms with Crippen molar-refractivity contribution in [2.24, 2.45) is 0 Å². The van der Waals surface area contributed by atoms with Gasteiger partial charge in [0.05, 0.1) is 12.7 Å². The summed E-state index contributed by atoms with van der Waals surface area (Å²) in [5.41, 5.74) is 0.465. The summed E-state index contributed by atoms with van der Waals surface area (Å²) in [5, 5.41) is 9.34. The fraction of sp³-hybridized carbons (Fsp3) is 0.571. The number of Topliss-reactive ketones (excluding diaryl/α,β-unsaturated/α-hetero) is 1. The fourth-order valence-electron chi connectivity index (χ4n) is 2.35. The predicted octanol–water partition coefficient (Wildman–Crippen LogP) is 1.74. The van der Waals surface area contributed by atoms with E-state index in [2.05, 4.69) is 4.98 Å². The maximum Gasteiger partial charge on any atom is 0.395 e. The Bertz CT molecular complexity index is 658. The summed E-state index contributed by atoms with van der Waals surface area (Å²) in [5.74, 6) is -0.156. The Kier molecular flexibility index (Phi) is 6.01. The van der Waals surface area contributed by atoms with E-state index < -0.39 is 19.9 Å². The van der Waals surface area contributed by atoms with Crippen molar-refractivity contribution < 1.29 is 23.7 Å². The molecule has 0 amide bonds. The molecule has 0 radical (unpaired) electrons. The number of nitrogens with zero attached hydrogens (tertiary/aromatic N) is 3. The first-order valence-electron chi connectivity index (χ1n) is 7.29. The van der Waals surface area contributed by atoms with Gasteiger partial charge in [0.2, 0.25) is 5.88 Å². The Labute approximate surface area is 145 Å². The zero-order valence-corrected chi connectivity index (χ0v) is 15.6. The number of hydrogen-bond acceptors (Lipinski definition) is 6. The predicted molar refractivity (Wildman–Crippen MR) is 89.2 cm³/mol. The van der Waals surface area contributed by atoms with Gasteiger partial charge in [-0.15, -0.1) is 0 Å². The van der Waals surface area contributed by atoms with Crippen LogP contribution in [0.15, 0.2) is 12.1 Å². The highest BCUT2D eigenvalue weighted by Gasteiger charge is 2.38. The molecular formula is C14H21ClN3O5P. The minimum atomic E-state index is -3.35. The molecule has 1 aliphatic rings. The Morgan fingerprint density at radius 2 is 2.00 bits per heavy atom. The third-order valence-corrected chi connectivity index (χ3v) is 6.30. The molecule has 1 aliphatic heterocycles. The number of aromatic nitrogens is 1. The molecule has 8 nitrogen and oxygen atoms in total. The smallest absolute Gasteiger partial charge is 0.395 e. The van der Waals surface area contributed by atoms with E-state index in [-0.39, 0.29) is 29.8 Å². The minimum Gasteiger partial charge on any atom is -0.403 e. The van der Waals surface area contributed by atoms with Crippen LogP contribution in [0, 0.1) is 0 Å². The lowest BCUT2D eigenvalue weighted by molar-refractivity contribution is -0.124. The minimum absolute atomic E-state index is 0.0459. The Morgan fingerprint density at radius 3 is 2.50 bits per heavy atom. The molecule has 1 aromatic heterocycles. The van der Waals surface area contributed by atoms with Crippen molar-refractivity contribution >= 4 is 25.1 Å². The maximum atomic E-state index is 13.0. The van der Waals surface area contributed by atoms with Crippen molar-refractivity contribution in [3.63, 3.8) is 0 Å². The van der Waals surface area contributed by atoms with Gasteiger partial charge in [-0.1, -0.05) is 11.6 Å². The maximum absolute atomic E-state index is 13.0. The van der Waals surface area contributed by atoms with Gasteiger partial charge >= 0.3 is 7.67 Å². The molecule has 0 aliphatic carbocycles. The van der Waals surface area contributed by atoms with E-state index in [1.165, 1.54) is 9.34 Å². The lowest BCUT2D eigenvalue weighted by Crippen LogP contribution is -2.25. The normalized spacial score (nSPS) is 21.8. The fourth-order valence-corrected chi connectivity index (χ4v) is 3.90. The molecule has 0 saturated carbocycles. The summed E-state index contributed by atoms with van der Waals surface area (Å²) in [7, 11) is 3.16. The van der Waals surface area contributed by atoms with Crippen LogP contribution in [-0.4, -0.2) is 66.1 Å². The van der Waals surface area contributed by atoms with Crippen LogP contribution in [0.4, 0.5) is 0 Å². The first-order chi connectivity index (χ1) is 11.2. The first kappa shape index (κ1) is 19.3. The van der Waals surface area contributed by atoms with E-state index in [4.69, 9.17) is 20.9 Å². The van der Waals surface area contributed by atoms with Crippen LogP contribution >= 0.6 is 19.3 Å². The van der Waals surface area contributed by atoms with Crippen molar-refractivity contribution in [2.45, 2.75) is 18.6 Å². The number of rotatable bonds is 6. The van der Waals surface area contributed by atoms with Gasteiger partial charge in [-0.3, -0.25) is 4.79 Å². The van der Waals surface area contributed by atoms with Crippen LogP contribution in [0.2, 0.25) is 5.15 Å². The molecule has 0 aromatic carbocycles. The largest absolute Gasteiger partial charge is 0.403 e. The highest BCUT2D eigenvalue weighted by Crippen LogP contribution is 2.52. The van der Waals surface area contributed by atoms with E-state index in [9.17, 15) is 14.5 Å². The van der Waals surface area contributed by atoms with Crippen LogP contribution in [0.5, 0.6) is 5.88 Å². The molecule has 0 spiro atoms. The van der Waals surface area contributed by atoms with Crippen molar-refractivity contribution in [1.82, 2.24) is 14.3 Å². The lowest BCUT2D eigenvalue weighted by atomic mass is 10.1. The SMILES string of the molecule is CN(C)P(=O)(Oc1nc(Cl)ccc1[C@H]1CC(=O)[C@@H](CO)O1)N(C)C. The van der Waals surface area contributed by atoms with Crippen LogP contribution in [-0.2, 0) is 14.1 Å². The van der Waals surface area contributed by atoms with E-state index in [1.54, 1.807) is 40.3 Å². The average Bonchev–Trinajstić information content (AvgIpc) is 2.87. The summed E-state index contributed by atoms with van der Waals surface area (Å²) >= 11 is 5.94. The Morgan fingerprint density at radius 1 is 1.38 bits per heavy atom. The molecule has 1 fully saturated rings. The second-order valence-electron chi connectivity index (χ2n) is 5.77. The molecular weight excluding hydrogens is 357 g/mol. The Balaban J connectivity index is 2.39. The molecule has 1 aromatic rings. The standard InChI is InChI=1S/C14H21ClN3O5P/c1-17(2)24(21,18(3)4)23-14-9(5-6-13(15)16-14)11-7-10(20)12(8-19)22-11/h5-6,11-12,19H,7-8H2,1-4H3/t11-,12-/m1/s1. The third-order valence-electron chi connectivity index (χ3n) is 3.66. The molecule has 1 saturated heterocycles. The van der Waals surface area contributed by atoms with Crippen LogP contribution < -0.4 is 4.52 Å². The zero-order chi connectivity index (χ0) is 18.1. The van der Waals surface area contributed by atoms with Crippen LogP contribution in [0.25, 0.3) is 0 Å². The molecule has 134 valence electrons. The number of ketones is 1. The van der Waals surface area contributed by atoms with Gasteiger partial charge in [0, 0.05) is 12.0 Å². The Hall–Kier alpha value is -1.02. The number of aliphatic hydroxyl groups excluding tert-OH is 1. The van der Waals surface area contributed by atoms with Gasteiger partial charge in [0.15, 0.2) is 5.78 Å². The number of aliphatic hydroxyl groups is 1. The zero-order valence-electron chi connectivity index (χ0n) is 14.0. The van der Waals surface area contributed by atoms with Gasteiger partial charge in [-0.2, -0.15) is 0 Å². The van der Waals surface area contributed by atoms with Gasteiger partial charge < -0.3 is 14.4 Å². The highest BCUT2D eigenvalue weighted by atomic mass is 35.5. The summed E-state index contributed by atoms with van der Waals surface area (Å²) in [6.45, 7) is -0.388. The van der Waals surface area contributed by atoms with Crippen LogP contribution in [0.1, 0.15) is 18.1 Å². The average molecular weight is 378 g/mol. The van der Waals surface area contributed by atoms with Crippen LogP contribution in [0.3, 0.4) is 0 Å². The van der Waals surface area contributed by atoms with Gasteiger partial charge in [0.25, 0.3) is 0 Å². The number of carbonyl (C=O) groups is 1. The topological polar surface area (TPSA) is 92.2 Å². The monoisotopic (exact) mass is 377 g/mol. The first-order valence-corrected chi connectivity index (χ1v) is 9.20. The molecule has 2 heterocycles. The summed E-state index contributed by atoms with van der Waals surface area (Å²) < 4.78 is 27.2. The summed E-state index contributed by atoms with van der Waals surface area (Å²) in [6.07, 6.45) is -1.42. The third kappa shape index (κ3) is 3.79. The molecule has 0 unspecified atom stereocenters. The van der Waals surface area contributed by atoms with Crippen molar-refractivity contribution in [3.8, 4) is 5.88 Å². The summed E-state index contributed by atoms with van der Waals surface area (Å²) in [6, 6.07) is 3.16. The highest BCUT2D eigenvalue weighted by molar-refractivity contribution is 7.54. The van der Waals surface area contributed by atoms with E-state index in [0.717, 1.165) is 0 Å². The van der Waals surface area contributed by atoms with Crippen molar-refractivity contribution in [3.05, 3.63) is 22.8 Å². The number of hydrogen-bond donors (Lipinski definition) is 1. The van der Waals surface area contributed by atoms with E-state index in [1.807, 2.05) is 0 Å². The number of halogens is 1. The quantitative estimate of drug-likeness (QED) is 0.592. The van der Waals surface area contributed by atoms with Gasteiger partial charge in [-0.25, -0.2) is 18.9 Å². The second kappa shape index (κ2) is 7.47. The van der Waals surface area contributed by atoms with Gasteiger partial charge in [0.1, 0.15) is 11.3 Å². The molecule has 10 heteroatoms.